The van der Waals surface area contributed by atoms with Gasteiger partial charge in [0.1, 0.15) is 12.4 Å². The Morgan fingerprint density at radius 3 is 2.52 bits per heavy atom. The number of nitriles is 1. The third-order valence-corrected chi connectivity index (χ3v) is 9.51. The Bertz CT molecular complexity index is 2270. The van der Waals surface area contributed by atoms with Crippen LogP contribution < -0.4 is 34.4 Å². The van der Waals surface area contributed by atoms with Crippen LogP contribution in [0, 0.1) is 14.9 Å². The van der Waals surface area contributed by atoms with E-state index in [-0.39, 0.29) is 11.5 Å². The zero-order valence-corrected chi connectivity index (χ0v) is 29.2. The van der Waals surface area contributed by atoms with Crippen LogP contribution in [0.25, 0.3) is 6.08 Å². The first kappa shape index (κ1) is 32.7. The zero-order chi connectivity index (χ0) is 33.8. The van der Waals surface area contributed by atoms with E-state index in [2.05, 4.69) is 34.0 Å². The van der Waals surface area contributed by atoms with E-state index in [0.717, 1.165) is 20.3 Å². The molecule has 0 fully saturated rings. The van der Waals surface area contributed by atoms with Gasteiger partial charge in [0, 0.05) is 5.69 Å². The second-order valence-corrected chi connectivity index (χ2v) is 13.0. The summed E-state index contributed by atoms with van der Waals surface area (Å²) in [6.07, 6.45) is 1.80. The van der Waals surface area contributed by atoms with E-state index in [1.807, 2.05) is 78.9 Å². The number of carbonyl (C=O) groups excluding carboxylic acids is 1. The number of nitrogens with zero attached hydrogens (tertiary/aromatic N) is 3. The predicted molar refractivity (Wildman–Crippen MR) is 193 cm³/mol. The molecule has 4 aromatic carbocycles. The molecule has 2 heterocycles. The average Bonchev–Trinajstić information content (AvgIpc) is 3.40. The number of ether oxygens (including phenoxy) is 3. The number of aromatic nitrogens is 1. The van der Waals surface area contributed by atoms with Crippen LogP contribution in [-0.4, -0.2) is 24.7 Å². The summed E-state index contributed by atoms with van der Waals surface area (Å²) < 4.78 is 20.1. The number of anilines is 1. The van der Waals surface area contributed by atoms with Crippen LogP contribution in [0.15, 0.2) is 112 Å². The van der Waals surface area contributed by atoms with Gasteiger partial charge in [-0.25, -0.2) is 4.99 Å². The Balaban J connectivity index is 1.40. The van der Waals surface area contributed by atoms with Crippen LogP contribution in [0.2, 0.25) is 0 Å². The van der Waals surface area contributed by atoms with Crippen molar-refractivity contribution in [2.75, 3.05) is 19.5 Å². The third-order valence-electron chi connectivity index (χ3n) is 7.72. The number of amides is 1. The molecule has 1 atom stereocenters. The number of thiazole rings is 1. The minimum absolute atomic E-state index is 0.279. The standard InChI is InChI=1S/C37H29IN4O5S/c1-22-32(35(43)41-27-9-5-4-6-10-27)33(26-8-7-11-28(19-26)45-2)42-36(44)31(48-37(42)40-22)18-25-16-29(38)34(30(17-25)46-3)47-21-24-14-12-23(20-39)13-15-24/h4-19,33H,21H2,1-3H3,(H,41,43)/b31-18-/t33-/m1/s1. The van der Waals surface area contributed by atoms with E-state index in [0.29, 0.717) is 55.7 Å². The molecule has 48 heavy (non-hydrogen) atoms. The predicted octanol–water partition coefficient (Wildman–Crippen LogP) is 5.95. The first-order valence-electron chi connectivity index (χ1n) is 14.8. The van der Waals surface area contributed by atoms with Crippen molar-refractivity contribution in [1.29, 1.82) is 5.26 Å². The molecule has 240 valence electrons. The van der Waals surface area contributed by atoms with Gasteiger partial charge in [0.2, 0.25) is 0 Å². The smallest absolute Gasteiger partial charge is 0.271 e. The first-order valence-corrected chi connectivity index (χ1v) is 16.7. The molecule has 11 heteroatoms. The van der Waals surface area contributed by atoms with Crippen LogP contribution in [0.5, 0.6) is 17.2 Å². The maximum atomic E-state index is 14.2. The summed E-state index contributed by atoms with van der Waals surface area (Å²) >= 11 is 3.44. The number of hydrogen-bond acceptors (Lipinski definition) is 8. The highest BCUT2D eigenvalue weighted by Crippen LogP contribution is 2.35. The second-order valence-electron chi connectivity index (χ2n) is 10.8. The SMILES string of the molecule is COc1cccc([C@@H]2C(C(=O)Nc3ccccc3)=C(C)N=c3s/c(=C\c4cc(I)c(OCc5ccc(C#N)cc5)c(OC)c4)c(=O)n32)c1. The number of carbonyl (C=O) groups is 1. The molecule has 1 amide bonds. The minimum atomic E-state index is -0.741. The van der Waals surface area contributed by atoms with Crippen molar-refractivity contribution in [2.45, 2.75) is 19.6 Å². The van der Waals surface area contributed by atoms with Gasteiger partial charge in [0.25, 0.3) is 11.5 Å². The number of hydrogen-bond donors (Lipinski definition) is 1. The summed E-state index contributed by atoms with van der Waals surface area (Å²) in [6.45, 7) is 2.08. The molecule has 5 aromatic rings. The lowest BCUT2D eigenvalue weighted by Crippen LogP contribution is -2.40. The third kappa shape index (κ3) is 6.76. The monoisotopic (exact) mass is 768 g/mol. The van der Waals surface area contributed by atoms with E-state index < -0.39 is 6.04 Å². The van der Waals surface area contributed by atoms with E-state index in [1.165, 1.54) is 11.3 Å². The van der Waals surface area contributed by atoms with Gasteiger partial charge in [0.05, 0.1) is 51.3 Å². The number of fused-ring (bicyclic) bond motifs is 1. The number of nitrogens with one attached hydrogen (secondary N) is 1. The Morgan fingerprint density at radius 2 is 1.81 bits per heavy atom. The van der Waals surface area contributed by atoms with Crippen LogP contribution in [0.1, 0.15) is 35.2 Å². The summed E-state index contributed by atoms with van der Waals surface area (Å²) in [5.41, 5.74) is 4.19. The number of benzene rings is 4. The molecule has 0 saturated heterocycles. The van der Waals surface area contributed by atoms with E-state index >= 15 is 0 Å². The van der Waals surface area contributed by atoms with Gasteiger partial charge >= 0.3 is 0 Å². The Morgan fingerprint density at radius 1 is 1.04 bits per heavy atom. The van der Waals surface area contributed by atoms with Crippen LogP contribution in [-0.2, 0) is 11.4 Å². The second kappa shape index (κ2) is 14.3. The maximum absolute atomic E-state index is 14.2. The molecule has 1 N–H and O–H groups in total. The molecule has 1 aliphatic rings. The summed E-state index contributed by atoms with van der Waals surface area (Å²) in [5, 5.41) is 12.0. The maximum Gasteiger partial charge on any atom is 0.271 e. The Kier molecular flexibility index (Phi) is 9.75. The van der Waals surface area contributed by atoms with Crippen molar-refractivity contribution in [3.8, 4) is 23.3 Å². The van der Waals surface area contributed by atoms with E-state index in [9.17, 15) is 9.59 Å². The van der Waals surface area contributed by atoms with Crippen LogP contribution in [0.4, 0.5) is 5.69 Å². The highest BCUT2D eigenvalue weighted by atomic mass is 127. The lowest BCUT2D eigenvalue weighted by atomic mass is 9.95. The van der Waals surface area contributed by atoms with Crippen molar-refractivity contribution in [2.24, 2.45) is 4.99 Å². The lowest BCUT2D eigenvalue weighted by Gasteiger charge is -2.25. The molecule has 0 aliphatic carbocycles. The van der Waals surface area contributed by atoms with Gasteiger partial charge in [-0.2, -0.15) is 5.26 Å². The fourth-order valence-corrected chi connectivity index (χ4v) is 7.23. The van der Waals surface area contributed by atoms with Gasteiger partial charge in [-0.3, -0.25) is 14.2 Å². The minimum Gasteiger partial charge on any atom is -0.497 e. The number of allylic oxidation sites excluding steroid dienone is 1. The molecular formula is C37H29IN4O5S. The first-order chi connectivity index (χ1) is 23.3. The number of methoxy groups -OCH3 is 2. The van der Waals surface area contributed by atoms with Gasteiger partial charge in [0.15, 0.2) is 16.3 Å². The molecule has 6 rings (SSSR count). The topological polar surface area (TPSA) is 115 Å². The van der Waals surface area contributed by atoms with E-state index in [1.54, 1.807) is 43.9 Å². The van der Waals surface area contributed by atoms with Gasteiger partial charge in [-0.05, 0) is 101 Å². The molecule has 0 bridgehead atoms. The number of rotatable bonds is 9. The van der Waals surface area contributed by atoms with Crippen LogP contribution >= 0.6 is 33.9 Å². The van der Waals surface area contributed by atoms with Crippen molar-refractivity contribution >= 4 is 51.6 Å². The summed E-state index contributed by atoms with van der Waals surface area (Å²) in [4.78, 5) is 33.3. The zero-order valence-electron chi connectivity index (χ0n) is 26.2. The summed E-state index contributed by atoms with van der Waals surface area (Å²) in [5.74, 6) is 1.35. The summed E-state index contributed by atoms with van der Waals surface area (Å²) in [6, 6.07) is 28.9. The van der Waals surface area contributed by atoms with Crippen molar-refractivity contribution in [1.82, 2.24) is 4.57 Å². The Labute approximate surface area is 294 Å². The quantitative estimate of drug-likeness (QED) is 0.186. The highest BCUT2D eigenvalue weighted by molar-refractivity contribution is 14.1. The molecule has 1 aliphatic heterocycles. The fourth-order valence-electron chi connectivity index (χ4n) is 5.40. The molecule has 0 spiro atoms. The molecule has 0 radical (unpaired) electrons. The van der Waals surface area contributed by atoms with Gasteiger partial charge in [-0.15, -0.1) is 0 Å². The highest BCUT2D eigenvalue weighted by Gasteiger charge is 2.33. The molecule has 9 nitrogen and oxygen atoms in total. The summed E-state index contributed by atoms with van der Waals surface area (Å²) in [7, 11) is 3.14. The van der Waals surface area contributed by atoms with Crippen molar-refractivity contribution in [3.63, 3.8) is 0 Å². The van der Waals surface area contributed by atoms with Gasteiger partial charge in [-0.1, -0.05) is 53.8 Å². The van der Waals surface area contributed by atoms with E-state index in [4.69, 9.17) is 24.5 Å². The normalized spacial score (nSPS) is 14.1. The van der Waals surface area contributed by atoms with Gasteiger partial charge < -0.3 is 19.5 Å². The fraction of sp³-hybridized carbons (Fsp3) is 0.135. The lowest BCUT2D eigenvalue weighted by molar-refractivity contribution is -0.113. The van der Waals surface area contributed by atoms with Crippen molar-refractivity contribution in [3.05, 3.63) is 148 Å². The largest absolute Gasteiger partial charge is 0.497 e. The molecule has 0 saturated carbocycles. The molecule has 1 aromatic heterocycles. The van der Waals surface area contributed by atoms with Crippen molar-refractivity contribution < 1.29 is 19.0 Å². The van der Waals surface area contributed by atoms with Crippen LogP contribution in [0.3, 0.4) is 0 Å². The molecular weight excluding hydrogens is 739 g/mol. The molecule has 0 unspecified atom stereocenters. The number of para-hydroxylation sites is 1. The number of halogens is 1. The Hall–Kier alpha value is -5.19. The average molecular weight is 769 g/mol.